The van der Waals surface area contributed by atoms with Crippen molar-refractivity contribution in [1.82, 2.24) is 4.90 Å². The molecule has 0 rings (SSSR count). The van der Waals surface area contributed by atoms with Crippen LogP contribution in [0.25, 0.3) is 0 Å². The summed E-state index contributed by atoms with van der Waals surface area (Å²) in [6.07, 6.45) is 3.76. The zero-order valence-electron chi connectivity index (χ0n) is 17.7. The Morgan fingerprint density at radius 2 is 1.52 bits per heavy atom. The predicted octanol–water partition coefficient (Wildman–Crippen LogP) is 3.80. The smallest absolute Gasteiger partial charge is 0.267 e. The van der Waals surface area contributed by atoms with Gasteiger partial charge < -0.3 is 9.38 Å². The molecule has 0 radical (unpaired) electrons. The summed E-state index contributed by atoms with van der Waals surface area (Å²) in [5.41, 5.74) is 0. The molecule has 0 heterocycles. The van der Waals surface area contributed by atoms with Gasteiger partial charge in [0.25, 0.3) is 10.1 Å². The molecule has 6 heteroatoms. The van der Waals surface area contributed by atoms with E-state index in [1.54, 1.807) is 6.92 Å². The Kier molecular flexibility index (Phi) is 11.4. The van der Waals surface area contributed by atoms with Gasteiger partial charge in [0, 0.05) is 12.5 Å². The fraction of sp³-hybridized carbons (Fsp3) is 1.00. The first-order valence-corrected chi connectivity index (χ1v) is 11.6. The van der Waals surface area contributed by atoms with Crippen LogP contribution in [0.1, 0.15) is 74.1 Å². The second-order valence-corrected chi connectivity index (χ2v) is 9.59. The van der Waals surface area contributed by atoms with E-state index < -0.39 is 15.4 Å². The molecule has 0 saturated heterocycles. The Labute approximate surface area is 157 Å². The summed E-state index contributed by atoms with van der Waals surface area (Å²) in [6, 6.07) is 1.17. The van der Waals surface area contributed by atoms with Crippen molar-refractivity contribution in [2.24, 2.45) is 0 Å². The summed E-state index contributed by atoms with van der Waals surface area (Å²) >= 11 is 0. The highest BCUT2D eigenvalue weighted by Gasteiger charge is 2.30. The molecule has 0 amide bonds. The lowest BCUT2D eigenvalue weighted by Crippen LogP contribution is -2.54. The van der Waals surface area contributed by atoms with E-state index in [4.69, 9.17) is 4.55 Å². The van der Waals surface area contributed by atoms with Crippen molar-refractivity contribution in [1.29, 1.82) is 0 Å². The van der Waals surface area contributed by atoms with Crippen LogP contribution < -0.4 is 0 Å². The molecule has 0 aliphatic rings. The van der Waals surface area contributed by atoms with Gasteiger partial charge in [0.2, 0.25) is 0 Å². The standard InChI is InChI=1S/C19H42N2O3S/c1-8-20(17(4)5)15-11-13-18(6)21(9-2,10-3)16-12-14-19(7)25(22,23)24/h17-19H,8-16H2,1-7H3/p+1. The lowest BCUT2D eigenvalue weighted by molar-refractivity contribution is -0.947. The number of rotatable bonds is 14. The van der Waals surface area contributed by atoms with Crippen molar-refractivity contribution in [3.8, 4) is 0 Å². The van der Waals surface area contributed by atoms with E-state index in [0.717, 1.165) is 43.6 Å². The van der Waals surface area contributed by atoms with Crippen LogP contribution in [0.15, 0.2) is 0 Å². The van der Waals surface area contributed by atoms with E-state index in [0.29, 0.717) is 18.5 Å². The monoisotopic (exact) mass is 379 g/mol. The van der Waals surface area contributed by atoms with Gasteiger partial charge in [-0.15, -0.1) is 0 Å². The van der Waals surface area contributed by atoms with Gasteiger partial charge in [-0.2, -0.15) is 8.42 Å². The molecule has 0 spiro atoms. The number of nitrogens with zero attached hydrogens (tertiary/aromatic N) is 2. The third-order valence-corrected chi connectivity index (χ3v) is 7.37. The first kappa shape index (κ1) is 24.8. The van der Waals surface area contributed by atoms with E-state index >= 15 is 0 Å². The van der Waals surface area contributed by atoms with Crippen molar-refractivity contribution < 1.29 is 17.5 Å². The second kappa shape index (κ2) is 11.5. The lowest BCUT2D eigenvalue weighted by Gasteiger charge is -2.43. The molecule has 1 N–H and O–H groups in total. The quantitative estimate of drug-likeness (QED) is 0.368. The SMILES string of the molecule is CCN(CCCC(C)[N+](CC)(CC)CCCC(C)S(=O)(=O)O)C(C)C. The fourth-order valence-corrected chi connectivity index (χ4v) is 4.34. The summed E-state index contributed by atoms with van der Waals surface area (Å²) in [4.78, 5) is 2.51. The van der Waals surface area contributed by atoms with Crippen LogP contribution in [-0.4, -0.2) is 72.4 Å². The van der Waals surface area contributed by atoms with E-state index in [-0.39, 0.29) is 0 Å². The van der Waals surface area contributed by atoms with E-state index in [1.165, 1.54) is 12.8 Å². The number of hydrogen-bond donors (Lipinski definition) is 1. The zero-order valence-corrected chi connectivity index (χ0v) is 18.5. The van der Waals surface area contributed by atoms with Crippen molar-refractivity contribution in [2.45, 2.75) is 91.5 Å². The molecule has 152 valence electrons. The Hall–Kier alpha value is -0.170. The highest BCUT2D eigenvalue weighted by Crippen LogP contribution is 2.21. The van der Waals surface area contributed by atoms with Gasteiger partial charge >= 0.3 is 0 Å². The van der Waals surface area contributed by atoms with Gasteiger partial charge in [-0.1, -0.05) is 6.92 Å². The largest absolute Gasteiger partial charge is 0.322 e. The summed E-state index contributed by atoms with van der Waals surface area (Å²) in [6.45, 7) is 20.5. The molecule has 0 saturated carbocycles. The molecule has 0 aliphatic carbocycles. The number of quaternary nitrogens is 1. The molecule has 2 unspecified atom stereocenters. The molecule has 2 atom stereocenters. The highest BCUT2D eigenvalue weighted by molar-refractivity contribution is 7.86. The summed E-state index contributed by atoms with van der Waals surface area (Å²) in [5, 5.41) is -0.664. The topological polar surface area (TPSA) is 57.6 Å². The Bertz CT molecular complexity index is 448. The summed E-state index contributed by atoms with van der Waals surface area (Å²) in [5.74, 6) is 0. The van der Waals surface area contributed by atoms with Crippen LogP contribution in [0, 0.1) is 0 Å². The van der Waals surface area contributed by atoms with E-state index in [9.17, 15) is 8.42 Å². The van der Waals surface area contributed by atoms with Crippen LogP contribution >= 0.6 is 0 Å². The fourth-order valence-electron chi connectivity index (χ4n) is 3.87. The van der Waals surface area contributed by atoms with Crippen LogP contribution in [0.4, 0.5) is 0 Å². The van der Waals surface area contributed by atoms with Gasteiger partial charge in [-0.25, -0.2) is 0 Å². The van der Waals surface area contributed by atoms with Crippen LogP contribution in [0.5, 0.6) is 0 Å². The third-order valence-electron chi connectivity index (χ3n) is 6.12. The van der Waals surface area contributed by atoms with Crippen LogP contribution in [0.2, 0.25) is 0 Å². The zero-order chi connectivity index (χ0) is 19.7. The first-order chi connectivity index (χ1) is 11.5. The first-order valence-electron chi connectivity index (χ1n) is 10.1. The summed E-state index contributed by atoms with van der Waals surface area (Å²) in [7, 11) is -3.90. The average Bonchev–Trinajstić information content (AvgIpc) is 2.54. The third kappa shape index (κ3) is 8.37. The molecule has 25 heavy (non-hydrogen) atoms. The molecule has 0 aliphatic heterocycles. The summed E-state index contributed by atoms with van der Waals surface area (Å²) < 4.78 is 32.6. The average molecular weight is 380 g/mol. The van der Waals surface area contributed by atoms with Crippen molar-refractivity contribution in [3.05, 3.63) is 0 Å². The van der Waals surface area contributed by atoms with Crippen LogP contribution in [-0.2, 0) is 10.1 Å². The Morgan fingerprint density at radius 1 is 0.960 bits per heavy atom. The molecule has 0 fully saturated rings. The molecule has 0 bridgehead atoms. The normalized spacial score (nSPS) is 15.8. The van der Waals surface area contributed by atoms with Gasteiger partial charge in [-0.05, 0) is 73.9 Å². The van der Waals surface area contributed by atoms with Gasteiger partial charge in [0.1, 0.15) is 0 Å². The van der Waals surface area contributed by atoms with Gasteiger partial charge in [-0.3, -0.25) is 4.55 Å². The molecular weight excluding hydrogens is 336 g/mol. The lowest BCUT2D eigenvalue weighted by atomic mass is 10.1. The maximum atomic E-state index is 11.2. The molecule has 5 nitrogen and oxygen atoms in total. The molecule has 0 aromatic carbocycles. The molecule has 0 aromatic rings. The van der Waals surface area contributed by atoms with Crippen molar-refractivity contribution in [2.75, 3.05) is 32.7 Å². The minimum Gasteiger partial charge on any atom is -0.322 e. The minimum atomic E-state index is -3.90. The Morgan fingerprint density at radius 3 is 1.92 bits per heavy atom. The maximum Gasteiger partial charge on any atom is 0.267 e. The van der Waals surface area contributed by atoms with E-state index in [1.807, 2.05) is 0 Å². The molecule has 0 aromatic heterocycles. The minimum absolute atomic E-state index is 0.530. The van der Waals surface area contributed by atoms with Gasteiger partial charge in [0.15, 0.2) is 0 Å². The van der Waals surface area contributed by atoms with E-state index in [2.05, 4.69) is 46.4 Å². The van der Waals surface area contributed by atoms with Crippen LogP contribution in [0.3, 0.4) is 0 Å². The number of hydrogen-bond acceptors (Lipinski definition) is 3. The Balaban J connectivity index is 4.62. The highest BCUT2D eigenvalue weighted by atomic mass is 32.2. The predicted molar refractivity (Wildman–Crippen MR) is 108 cm³/mol. The van der Waals surface area contributed by atoms with Gasteiger partial charge in [0.05, 0.1) is 30.9 Å². The second-order valence-electron chi connectivity index (χ2n) is 7.76. The van der Waals surface area contributed by atoms with Crippen molar-refractivity contribution in [3.63, 3.8) is 0 Å². The molecular formula is C19H43N2O3S+. The maximum absolute atomic E-state index is 11.2. The van der Waals surface area contributed by atoms with Crippen molar-refractivity contribution >= 4 is 10.1 Å².